The van der Waals surface area contributed by atoms with Crippen LogP contribution >= 0.6 is 0 Å². The molecular weight excluding hydrogens is 130 g/mol. The molecule has 0 heterocycles. The standard InChI is InChI=1S/C7H13NO2/c1-3-5-8-6-10-7(9)4-2/h3,8H,1,4-6H2,2H3. The summed E-state index contributed by atoms with van der Waals surface area (Å²) in [4.78, 5) is 10.5. The van der Waals surface area contributed by atoms with E-state index in [1.807, 2.05) is 0 Å². The normalized spacial score (nSPS) is 8.90. The molecule has 0 aliphatic carbocycles. The molecule has 0 rings (SSSR count). The number of hydrogen-bond donors (Lipinski definition) is 1. The molecule has 58 valence electrons. The molecule has 0 aromatic carbocycles. The molecule has 3 nitrogen and oxygen atoms in total. The molecule has 0 amide bonds. The lowest BCUT2D eigenvalue weighted by Gasteiger charge is -2.01. The fraction of sp³-hybridized carbons (Fsp3) is 0.571. The summed E-state index contributed by atoms with van der Waals surface area (Å²) in [5.41, 5.74) is 0. The number of esters is 1. The molecule has 3 heteroatoms. The summed E-state index contributed by atoms with van der Waals surface area (Å²) < 4.78 is 4.70. The SMILES string of the molecule is C=CCNCOC(=O)CC. The van der Waals surface area contributed by atoms with Gasteiger partial charge >= 0.3 is 5.97 Å². The van der Waals surface area contributed by atoms with Crippen molar-refractivity contribution in [3.8, 4) is 0 Å². The van der Waals surface area contributed by atoms with E-state index in [4.69, 9.17) is 4.74 Å². The average molecular weight is 143 g/mol. The van der Waals surface area contributed by atoms with Gasteiger partial charge in [0.2, 0.25) is 0 Å². The molecule has 1 N–H and O–H groups in total. The number of hydrogen-bond acceptors (Lipinski definition) is 3. The topological polar surface area (TPSA) is 38.3 Å². The maximum atomic E-state index is 10.5. The predicted octanol–water partition coefficient (Wildman–Crippen LogP) is 0.673. The van der Waals surface area contributed by atoms with Gasteiger partial charge in [0.05, 0.1) is 0 Å². The average Bonchev–Trinajstić information content (AvgIpc) is 1.98. The smallest absolute Gasteiger partial charge is 0.306 e. The summed E-state index contributed by atoms with van der Waals surface area (Å²) in [6.07, 6.45) is 2.13. The zero-order chi connectivity index (χ0) is 7.82. The number of rotatable bonds is 5. The highest BCUT2D eigenvalue weighted by molar-refractivity contribution is 5.68. The fourth-order valence-electron chi connectivity index (χ4n) is 0.395. The monoisotopic (exact) mass is 143 g/mol. The Balaban J connectivity index is 3.03. The van der Waals surface area contributed by atoms with Crippen LogP contribution in [0.25, 0.3) is 0 Å². The Morgan fingerprint density at radius 3 is 3.00 bits per heavy atom. The lowest BCUT2D eigenvalue weighted by molar-refractivity contribution is -0.143. The number of nitrogens with one attached hydrogen (secondary N) is 1. The first-order chi connectivity index (χ1) is 4.81. The minimum absolute atomic E-state index is 0.184. The van der Waals surface area contributed by atoms with Crippen LogP contribution < -0.4 is 5.32 Å². The summed E-state index contributed by atoms with van der Waals surface area (Å²) in [6.45, 7) is 6.19. The molecule has 0 atom stereocenters. The van der Waals surface area contributed by atoms with Crippen molar-refractivity contribution in [2.24, 2.45) is 0 Å². The van der Waals surface area contributed by atoms with Gasteiger partial charge in [0.1, 0.15) is 6.73 Å². The highest BCUT2D eigenvalue weighted by atomic mass is 16.5. The molecule has 0 saturated heterocycles. The number of carbonyl (C=O) groups excluding carboxylic acids is 1. The highest BCUT2D eigenvalue weighted by Gasteiger charge is 1.94. The van der Waals surface area contributed by atoms with Crippen molar-refractivity contribution in [3.63, 3.8) is 0 Å². The second-order valence-electron chi connectivity index (χ2n) is 1.76. The Kier molecular flexibility index (Phi) is 5.77. The van der Waals surface area contributed by atoms with E-state index < -0.39 is 0 Å². The molecule has 0 spiro atoms. The van der Waals surface area contributed by atoms with Crippen molar-refractivity contribution in [2.75, 3.05) is 13.3 Å². The Bertz CT molecular complexity index is 112. The first kappa shape index (κ1) is 9.17. The van der Waals surface area contributed by atoms with Gasteiger partial charge in [-0.05, 0) is 0 Å². The zero-order valence-electron chi connectivity index (χ0n) is 6.22. The molecule has 0 saturated carbocycles. The van der Waals surface area contributed by atoms with Crippen LogP contribution in [0.4, 0.5) is 0 Å². The third kappa shape index (κ3) is 5.31. The predicted molar refractivity (Wildman–Crippen MR) is 39.4 cm³/mol. The Labute approximate surface area is 61.1 Å². The maximum Gasteiger partial charge on any atom is 0.306 e. The minimum Gasteiger partial charge on any atom is -0.450 e. The largest absolute Gasteiger partial charge is 0.450 e. The second kappa shape index (κ2) is 6.29. The van der Waals surface area contributed by atoms with Crippen LogP contribution in [0, 0.1) is 0 Å². The molecule has 0 aromatic heterocycles. The Morgan fingerprint density at radius 1 is 1.80 bits per heavy atom. The van der Waals surface area contributed by atoms with E-state index in [1.54, 1.807) is 13.0 Å². The first-order valence-electron chi connectivity index (χ1n) is 3.28. The zero-order valence-corrected chi connectivity index (χ0v) is 6.22. The van der Waals surface area contributed by atoms with Crippen LogP contribution in [-0.4, -0.2) is 19.2 Å². The van der Waals surface area contributed by atoms with Crippen molar-refractivity contribution < 1.29 is 9.53 Å². The second-order valence-corrected chi connectivity index (χ2v) is 1.76. The molecule has 0 aromatic rings. The van der Waals surface area contributed by atoms with E-state index in [0.717, 1.165) is 0 Å². The lowest BCUT2D eigenvalue weighted by atomic mass is 10.5. The van der Waals surface area contributed by atoms with Crippen molar-refractivity contribution in [1.82, 2.24) is 5.32 Å². The molecule has 0 radical (unpaired) electrons. The minimum atomic E-state index is -0.184. The Hall–Kier alpha value is -0.830. The van der Waals surface area contributed by atoms with Gasteiger partial charge in [0, 0.05) is 13.0 Å². The van der Waals surface area contributed by atoms with Gasteiger partial charge in [-0.2, -0.15) is 0 Å². The van der Waals surface area contributed by atoms with E-state index in [2.05, 4.69) is 11.9 Å². The van der Waals surface area contributed by atoms with Crippen LogP contribution in [0.15, 0.2) is 12.7 Å². The molecule has 0 unspecified atom stereocenters. The van der Waals surface area contributed by atoms with Gasteiger partial charge in [0.25, 0.3) is 0 Å². The maximum absolute atomic E-state index is 10.5. The van der Waals surface area contributed by atoms with Crippen molar-refractivity contribution in [3.05, 3.63) is 12.7 Å². The van der Waals surface area contributed by atoms with Crippen LogP contribution in [0.5, 0.6) is 0 Å². The molecule has 0 bridgehead atoms. The van der Waals surface area contributed by atoms with Crippen molar-refractivity contribution in [1.29, 1.82) is 0 Å². The fourth-order valence-corrected chi connectivity index (χ4v) is 0.395. The van der Waals surface area contributed by atoms with E-state index in [9.17, 15) is 4.79 Å². The van der Waals surface area contributed by atoms with Crippen LogP contribution in [-0.2, 0) is 9.53 Å². The van der Waals surface area contributed by atoms with Gasteiger partial charge in [-0.25, -0.2) is 0 Å². The molecular formula is C7H13NO2. The first-order valence-corrected chi connectivity index (χ1v) is 3.28. The summed E-state index contributed by atoms with van der Waals surface area (Å²) >= 11 is 0. The third-order valence-electron chi connectivity index (χ3n) is 0.913. The lowest BCUT2D eigenvalue weighted by Crippen LogP contribution is -2.20. The summed E-state index contributed by atoms with van der Waals surface area (Å²) in [7, 11) is 0. The van der Waals surface area contributed by atoms with Gasteiger partial charge in [-0.3, -0.25) is 10.1 Å². The van der Waals surface area contributed by atoms with Gasteiger partial charge in [0.15, 0.2) is 0 Å². The quantitative estimate of drug-likeness (QED) is 0.266. The molecule has 0 fully saturated rings. The molecule has 0 aliphatic rings. The van der Waals surface area contributed by atoms with E-state index in [-0.39, 0.29) is 12.7 Å². The number of ether oxygens (including phenoxy) is 1. The summed E-state index contributed by atoms with van der Waals surface area (Å²) in [5.74, 6) is -0.184. The number of carbonyl (C=O) groups is 1. The van der Waals surface area contributed by atoms with Gasteiger partial charge in [-0.1, -0.05) is 13.0 Å². The van der Waals surface area contributed by atoms with Crippen molar-refractivity contribution >= 4 is 5.97 Å². The van der Waals surface area contributed by atoms with E-state index in [0.29, 0.717) is 13.0 Å². The molecule has 0 aliphatic heterocycles. The van der Waals surface area contributed by atoms with Crippen LogP contribution in [0.3, 0.4) is 0 Å². The van der Waals surface area contributed by atoms with Gasteiger partial charge in [-0.15, -0.1) is 6.58 Å². The Morgan fingerprint density at radius 2 is 2.50 bits per heavy atom. The van der Waals surface area contributed by atoms with E-state index >= 15 is 0 Å². The highest BCUT2D eigenvalue weighted by Crippen LogP contribution is 1.80. The van der Waals surface area contributed by atoms with Crippen molar-refractivity contribution in [2.45, 2.75) is 13.3 Å². The van der Waals surface area contributed by atoms with Crippen LogP contribution in [0.2, 0.25) is 0 Å². The third-order valence-corrected chi connectivity index (χ3v) is 0.913. The van der Waals surface area contributed by atoms with E-state index in [1.165, 1.54) is 0 Å². The van der Waals surface area contributed by atoms with Gasteiger partial charge < -0.3 is 4.74 Å². The molecule has 10 heavy (non-hydrogen) atoms. The van der Waals surface area contributed by atoms with Crippen LogP contribution in [0.1, 0.15) is 13.3 Å². The summed E-state index contributed by atoms with van der Waals surface area (Å²) in [6, 6.07) is 0. The summed E-state index contributed by atoms with van der Waals surface area (Å²) in [5, 5.41) is 2.84.